The summed E-state index contributed by atoms with van der Waals surface area (Å²) in [5, 5.41) is 16.5. The van der Waals surface area contributed by atoms with E-state index in [1.165, 1.54) is 5.39 Å². The van der Waals surface area contributed by atoms with Crippen molar-refractivity contribution in [3.63, 3.8) is 0 Å². The summed E-state index contributed by atoms with van der Waals surface area (Å²) >= 11 is 0. The van der Waals surface area contributed by atoms with E-state index in [1.807, 2.05) is 31.0 Å². The van der Waals surface area contributed by atoms with Crippen LogP contribution in [0, 0.1) is 23.2 Å². The molecule has 1 heterocycles. The Labute approximate surface area is 176 Å². The fourth-order valence-electron chi connectivity index (χ4n) is 7.42. The quantitative estimate of drug-likeness (QED) is 0.820. The molecular weight excluding hydrogens is 376 g/mol. The number of hydrogen-bond donors (Lipinski definition) is 1. The average Bonchev–Trinajstić information content (AvgIpc) is 2.71. The summed E-state index contributed by atoms with van der Waals surface area (Å²) < 4.78 is 0. The van der Waals surface area contributed by atoms with Crippen LogP contribution in [-0.2, 0) is 9.59 Å². The number of aliphatic carboxylic acids is 1. The molecule has 5 fully saturated rings. The van der Waals surface area contributed by atoms with Crippen LogP contribution in [0.5, 0.6) is 0 Å². The lowest BCUT2D eigenvalue weighted by molar-refractivity contribution is -0.187. The normalized spacial score (nSPS) is 36.3. The van der Waals surface area contributed by atoms with Gasteiger partial charge >= 0.3 is 5.97 Å². The molecule has 2 unspecified atom stereocenters. The van der Waals surface area contributed by atoms with Crippen LogP contribution in [0.15, 0.2) is 42.5 Å². The van der Waals surface area contributed by atoms with Gasteiger partial charge in [0.1, 0.15) is 5.54 Å². The molecule has 1 amide bonds. The fourth-order valence-corrected chi connectivity index (χ4v) is 7.42. The second-order valence-electron chi connectivity index (χ2n) is 10.6. The van der Waals surface area contributed by atoms with Crippen molar-refractivity contribution >= 4 is 28.3 Å². The number of amides is 1. The monoisotopic (exact) mass is 404 g/mol. The Bertz CT molecular complexity index is 1060. The predicted molar refractivity (Wildman–Crippen MR) is 115 cm³/mol. The molecule has 5 nitrogen and oxygen atoms in total. The van der Waals surface area contributed by atoms with E-state index in [4.69, 9.17) is 0 Å². The van der Waals surface area contributed by atoms with E-state index in [0.717, 1.165) is 30.3 Å². The summed E-state index contributed by atoms with van der Waals surface area (Å²) in [5.74, 6) is 0.610. The molecule has 2 aromatic carbocycles. The SMILES string of the molecule is CC1(C)C(=O)N([C@@H]2C3CC4C[C@H]2C[C@](C(=O)O)(C4)C3)N1c1cccc2ccccc12. The average molecular weight is 405 g/mol. The van der Waals surface area contributed by atoms with Gasteiger partial charge in [0.25, 0.3) is 5.91 Å². The third-order valence-corrected chi connectivity index (χ3v) is 8.43. The van der Waals surface area contributed by atoms with Crippen molar-refractivity contribution < 1.29 is 14.7 Å². The Morgan fingerprint density at radius 3 is 2.37 bits per heavy atom. The zero-order valence-electron chi connectivity index (χ0n) is 17.5. The molecule has 5 aliphatic rings. The van der Waals surface area contributed by atoms with Crippen molar-refractivity contribution in [1.29, 1.82) is 0 Å². The predicted octanol–water partition coefficient (Wildman–Crippen LogP) is 4.46. The minimum Gasteiger partial charge on any atom is -0.481 e. The first-order valence-electron chi connectivity index (χ1n) is 11.2. The van der Waals surface area contributed by atoms with Crippen LogP contribution >= 0.6 is 0 Å². The van der Waals surface area contributed by atoms with Crippen molar-refractivity contribution in [3.05, 3.63) is 42.5 Å². The molecular formula is C25H28N2O3. The van der Waals surface area contributed by atoms with Crippen molar-refractivity contribution in [1.82, 2.24) is 5.01 Å². The molecule has 156 valence electrons. The van der Waals surface area contributed by atoms with Gasteiger partial charge in [-0.05, 0) is 75.2 Å². The van der Waals surface area contributed by atoms with Gasteiger partial charge < -0.3 is 5.11 Å². The minimum atomic E-state index is -0.624. The third kappa shape index (κ3) is 2.18. The number of carbonyl (C=O) groups excluding carboxylic acids is 1. The number of carboxylic acids is 1. The van der Waals surface area contributed by atoms with Gasteiger partial charge in [-0.1, -0.05) is 36.4 Å². The lowest BCUT2D eigenvalue weighted by Crippen LogP contribution is -2.80. The van der Waals surface area contributed by atoms with Gasteiger partial charge in [0, 0.05) is 5.39 Å². The van der Waals surface area contributed by atoms with Crippen LogP contribution in [0.3, 0.4) is 0 Å². The van der Waals surface area contributed by atoms with Crippen LogP contribution in [-0.4, -0.2) is 33.6 Å². The van der Waals surface area contributed by atoms with Crippen LogP contribution in [0.4, 0.5) is 5.69 Å². The molecule has 5 atom stereocenters. The molecule has 4 saturated carbocycles. The minimum absolute atomic E-state index is 0.119. The number of rotatable bonds is 3. The molecule has 5 heteroatoms. The molecule has 30 heavy (non-hydrogen) atoms. The van der Waals surface area contributed by atoms with E-state index < -0.39 is 16.9 Å². The number of fused-ring (bicyclic) bond motifs is 1. The van der Waals surface area contributed by atoms with E-state index in [0.29, 0.717) is 18.8 Å². The molecule has 4 bridgehead atoms. The summed E-state index contributed by atoms with van der Waals surface area (Å²) in [4.78, 5) is 25.5. The molecule has 7 rings (SSSR count). The van der Waals surface area contributed by atoms with Crippen LogP contribution in [0.1, 0.15) is 46.0 Å². The largest absolute Gasteiger partial charge is 0.481 e. The number of carbonyl (C=O) groups is 2. The Morgan fingerprint density at radius 1 is 1.00 bits per heavy atom. The molecule has 4 aliphatic carbocycles. The molecule has 1 aliphatic heterocycles. The maximum Gasteiger partial charge on any atom is 0.309 e. The van der Waals surface area contributed by atoms with Gasteiger partial charge in [-0.25, -0.2) is 5.01 Å². The molecule has 0 spiro atoms. The van der Waals surface area contributed by atoms with E-state index >= 15 is 0 Å². The van der Waals surface area contributed by atoms with Crippen molar-refractivity contribution in [2.75, 3.05) is 5.01 Å². The summed E-state index contributed by atoms with van der Waals surface area (Å²) in [6.07, 6.45) is 4.38. The Hall–Kier alpha value is -2.56. The van der Waals surface area contributed by atoms with Gasteiger partial charge in [0.2, 0.25) is 0 Å². The highest BCUT2D eigenvalue weighted by atomic mass is 16.4. The Balaban J connectivity index is 1.42. The number of carboxylic acid groups (broad SMARTS) is 1. The standard InChI is InChI=1S/C25H28N2O3/c1-24(2)22(28)26(27(24)20-9-5-7-16-6-3-4-8-19(16)20)21-17-10-15-11-18(21)14-25(12-15,13-17)23(29)30/h3-9,15,17-18,21H,10-14H2,1-2H3,(H,29,30)/t15?,17-,18?,21-,25+/m0/s1. The molecule has 0 radical (unpaired) electrons. The van der Waals surface area contributed by atoms with Crippen LogP contribution in [0.2, 0.25) is 0 Å². The van der Waals surface area contributed by atoms with Gasteiger partial charge in [0.15, 0.2) is 0 Å². The number of anilines is 1. The van der Waals surface area contributed by atoms with E-state index in [9.17, 15) is 14.7 Å². The first-order valence-corrected chi connectivity index (χ1v) is 11.2. The summed E-state index contributed by atoms with van der Waals surface area (Å²) in [6, 6.07) is 14.7. The van der Waals surface area contributed by atoms with Crippen molar-refractivity contribution in [2.24, 2.45) is 23.2 Å². The number of benzene rings is 2. The first-order chi connectivity index (χ1) is 14.3. The Kier molecular flexibility index (Phi) is 3.51. The molecule has 0 aromatic heterocycles. The number of hydrogen-bond acceptors (Lipinski definition) is 3. The van der Waals surface area contributed by atoms with Crippen LogP contribution < -0.4 is 5.01 Å². The summed E-state index contributed by atoms with van der Waals surface area (Å²) in [5.41, 5.74) is -0.0799. The lowest BCUT2D eigenvalue weighted by atomic mass is 9.47. The summed E-state index contributed by atoms with van der Waals surface area (Å²) in [7, 11) is 0. The number of hydrazine groups is 1. The number of nitrogens with zero attached hydrogens (tertiary/aromatic N) is 2. The highest BCUT2D eigenvalue weighted by Gasteiger charge is 2.65. The lowest BCUT2D eigenvalue weighted by Gasteiger charge is -2.67. The van der Waals surface area contributed by atoms with Crippen molar-refractivity contribution in [3.8, 4) is 0 Å². The molecule has 2 aromatic rings. The first kappa shape index (κ1) is 18.2. The zero-order chi connectivity index (χ0) is 20.8. The molecule has 1 N–H and O–H groups in total. The maximum atomic E-state index is 13.4. The van der Waals surface area contributed by atoms with Gasteiger partial charge in [-0.2, -0.15) is 0 Å². The van der Waals surface area contributed by atoms with Gasteiger partial charge in [-0.3, -0.25) is 14.6 Å². The van der Waals surface area contributed by atoms with Crippen LogP contribution in [0.25, 0.3) is 10.8 Å². The Morgan fingerprint density at radius 2 is 1.67 bits per heavy atom. The fraction of sp³-hybridized carbons (Fsp3) is 0.520. The maximum absolute atomic E-state index is 13.4. The smallest absolute Gasteiger partial charge is 0.309 e. The third-order valence-electron chi connectivity index (χ3n) is 8.43. The zero-order valence-corrected chi connectivity index (χ0v) is 17.5. The highest BCUT2D eigenvalue weighted by molar-refractivity contribution is 6.03. The molecule has 1 saturated heterocycles. The van der Waals surface area contributed by atoms with E-state index in [-0.39, 0.29) is 23.8 Å². The highest BCUT2D eigenvalue weighted by Crippen LogP contribution is 2.62. The van der Waals surface area contributed by atoms with E-state index in [1.54, 1.807) is 0 Å². The van der Waals surface area contributed by atoms with Gasteiger partial charge in [-0.15, -0.1) is 0 Å². The second kappa shape index (κ2) is 5.77. The van der Waals surface area contributed by atoms with E-state index in [2.05, 4.69) is 35.3 Å². The summed E-state index contributed by atoms with van der Waals surface area (Å²) in [6.45, 7) is 4.00. The van der Waals surface area contributed by atoms with Gasteiger partial charge in [0.05, 0.1) is 17.1 Å². The topological polar surface area (TPSA) is 60.9 Å². The van der Waals surface area contributed by atoms with Crippen molar-refractivity contribution in [2.45, 2.75) is 57.5 Å². The second-order valence-corrected chi connectivity index (χ2v) is 10.6.